The fraction of sp³-hybridized carbons (Fsp3) is 0. The zero-order valence-corrected chi connectivity index (χ0v) is 5.17. The van der Waals surface area contributed by atoms with Crippen LogP contribution in [-0.4, -0.2) is 34.1 Å². The lowest BCUT2D eigenvalue weighted by Gasteiger charge is -1.82. The molecule has 0 aliphatic rings. The predicted molar refractivity (Wildman–Crippen MR) is 25.8 cm³/mol. The first kappa shape index (κ1) is 15.7. The lowest BCUT2D eigenvalue weighted by atomic mass is 10.8. The van der Waals surface area contributed by atoms with Gasteiger partial charge in [-0.25, -0.2) is 4.57 Å². The Morgan fingerprint density at radius 3 is 1.14 bits per heavy atom. The van der Waals surface area contributed by atoms with Gasteiger partial charge in [-0.2, -0.15) is 0 Å². The molecule has 0 saturated heterocycles. The molecule has 0 bridgehead atoms. The van der Waals surface area contributed by atoms with Crippen LogP contribution in [-0.2, 0) is 4.57 Å². The number of rotatable bonds is 0. The van der Waals surface area contributed by atoms with Crippen molar-refractivity contribution in [2.75, 3.05) is 0 Å². The molecule has 39 valence electrons. The Morgan fingerprint density at radius 2 is 1.14 bits per heavy atom. The van der Waals surface area contributed by atoms with E-state index >= 15 is 0 Å². The molecule has 0 aromatic rings. The Bertz CT molecular complexity index is 57.8. The SMILES string of the molecule is O=P(O)(O)O.[B].[Si]. The van der Waals surface area contributed by atoms with Crippen molar-refractivity contribution < 1.29 is 19.2 Å². The predicted octanol–water partition coefficient (Wildman–Crippen LogP) is -1.69. The first-order valence-corrected chi connectivity index (χ1v) is 2.35. The van der Waals surface area contributed by atoms with Crippen LogP contribution in [0.1, 0.15) is 0 Å². The van der Waals surface area contributed by atoms with Gasteiger partial charge >= 0.3 is 7.82 Å². The average molecular weight is 137 g/mol. The van der Waals surface area contributed by atoms with Gasteiger partial charge in [-0.15, -0.1) is 0 Å². The summed E-state index contributed by atoms with van der Waals surface area (Å²) in [6.07, 6.45) is 0. The van der Waals surface area contributed by atoms with Crippen LogP contribution in [0.5, 0.6) is 0 Å². The zero-order chi connectivity index (χ0) is 4.50. The average Bonchev–Trinajstić information content (AvgIpc) is 0.722. The molecular formula is H3BO4PSi. The summed E-state index contributed by atoms with van der Waals surface area (Å²) in [6.45, 7) is 0. The Hall–Kier alpha value is 0.392. The monoisotopic (exact) mass is 137 g/mol. The summed E-state index contributed by atoms with van der Waals surface area (Å²) in [6, 6.07) is 0. The largest absolute Gasteiger partial charge is 0.466 e. The second-order valence-corrected chi connectivity index (χ2v) is 1.54. The van der Waals surface area contributed by atoms with Gasteiger partial charge in [0.05, 0.1) is 0 Å². The third-order valence-corrected chi connectivity index (χ3v) is 0. The maximum absolute atomic E-state index is 8.88. The van der Waals surface area contributed by atoms with E-state index in [1.807, 2.05) is 0 Å². The lowest BCUT2D eigenvalue weighted by molar-refractivity contribution is 0.275. The van der Waals surface area contributed by atoms with Gasteiger partial charge < -0.3 is 14.7 Å². The third kappa shape index (κ3) is 803. The van der Waals surface area contributed by atoms with Gasteiger partial charge in [0.15, 0.2) is 0 Å². The molecule has 0 unspecified atom stereocenters. The summed E-state index contributed by atoms with van der Waals surface area (Å²) < 4.78 is 8.88. The van der Waals surface area contributed by atoms with Crippen molar-refractivity contribution in [1.82, 2.24) is 0 Å². The van der Waals surface area contributed by atoms with E-state index in [0.29, 0.717) is 0 Å². The van der Waals surface area contributed by atoms with Crippen LogP contribution < -0.4 is 0 Å². The number of hydrogen-bond donors (Lipinski definition) is 3. The van der Waals surface area contributed by atoms with Crippen LogP contribution in [0.2, 0.25) is 0 Å². The molecule has 7 heavy (non-hydrogen) atoms. The fourth-order valence-corrected chi connectivity index (χ4v) is 0. The summed E-state index contributed by atoms with van der Waals surface area (Å²) >= 11 is 0. The van der Waals surface area contributed by atoms with Crippen LogP contribution >= 0.6 is 7.82 Å². The third-order valence-electron chi connectivity index (χ3n) is 0. The summed E-state index contributed by atoms with van der Waals surface area (Å²) in [4.78, 5) is 21.6. The zero-order valence-electron chi connectivity index (χ0n) is 3.27. The Kier molecular flexibility index (Phi) is 10.2. The molecule has 3 N–H and O–H groups in total. The number of phosphoric acid groups is 1. The van der Waals surface area contributed by atoms with Crippen molar-refractivity contribution >= 4 is 27.2 Å². The molecule has 0 saturated carbocycles. The van der Waals surface area contributed by atoms with Crippen LogP contribution in [0.3, 0.4) is 0 Å². The van der Waals surface area contributed by atoms with Crippen LogP contribution in [0.4, 0.5) is 0 Å². The normalized spacial score (nSPS) is 8.43. The molecule has 0 aliphatic carbocycles. The van der Waals surface area contributed by atoms with Crippen molar-refractivity contribution in [2.45, 2.75) is 0 Å². The number of hydrogen-bond acceptors (Lipinski definition) is 1. The highest BCUT2D eigenvalue weighted by atomic mass is 31.2. The maximum Gasteiger partial charge on any atom is 0.466 e. The van der Waals surface area contributed by atoms with Gasteiger partial charge in [-0.3, -0.25) is 0 Å². The first-order valence-electron chi connectivity index (χ1n) is 0.783. The van der Waals surface area contributed by atoms with Gasteiger partial charge in [-0.05, 0) is 0 Å². The van der Waals surface area contributed by atoms with Crippen molar-refractivity contribution in [3.63, 3.8) is 0 Å². The Balaban J connectivity index is -0.0000000800. The summed E-state index contributed by atoms with van der Waals surface area (Å²) in [7, 11) is -4.64. The van der Waals surface area contributed by atoms with Crippen molar-refractivity contribution in [2.24, 2.45) is 0 Å². The minimum absolute atomic E-state index is 0. The summed E-state index contributed by atoms with van der Waals surface area (Å²) in [5.74, 6) is 0. The van der Waals surface area contributed by atoms with Gasteiger partial charge in [0, 0.05) is 19.4 Å². The first-order chi connectivity index (χ1) is 2.00. The maximum atomic E-state index is 8.88. The van der Waals surface area contributed by atoms with Gasteiger partial charge in [0.1, 0.15) is 0 Å². The standard InChI is InChI=1S/B.H3O4P.Si/c;1-5(2,3)4;/h;(H3,1,2,3,4);. The molecule has 0 aromatic carbocycles. The minimum atomic E-state index is -4.64. The van der Waals surface area contributed by atoms with Crippen LogP contribution in [0, 0.1) is 0 Å². The molecule has 0 spiro atoms. The highest BCUT2D eigenvalue weighted by molar-refractivity contribution is 7.45. The molecular weight excluding hydrogens is 134 g/mol. The molecule has 0 atom stereocenters. The molecule has 0 rings (SSSR count). The van der Waals surface area contributed by atoms with Crippen molar-refractivity contribution in [3.8, 4) is 0 Å². The van der Waals surface area contributed by atoms with Gasteiger partial charge in [0.2, 0.25) is 0 Å². The smallest absolute Gasteiger partial charge is 0.303 e. The van der Waals surface area contributed by atoms with E-state index in [2.05, 4.69) is 0 Å². The van der Waals surface area contributed by atoms with E-state index in [1.165, 1.54) is 0 Å². The van der Waals surface area contributed by atoms with Crippen molar-refractivity contribution in [3.05, 3.63) is 0 Å². The molecule has 7 radical (unpaired) electrons. The topological polar surface area (TPSA) is 77.8 Å². The van der Waals surface area contributed by atoms with E-state index in [4.69, 9.17) is 19.2 Å². The second kappa shape index (κ2) is 4.55. The molecule has 0 heterocycles. The molecule has 0 aliphatic heterocycles. The Morgan fingerprint density at radius 1 is 1.14 bits per heavy atom. The second-order valence-electron chi connectivity index (χ2n) is 0.513. The molecule has 4 nitrogen and oxygen atoms in total. The highest BCUT2D eigenvalue weighted by Crippen LogP contribution is 2.25. The molecule has 0 amide bonds. The van der Waals surface area contributed by atoms with Crippen LogP contribution in [0.15, 0.2) is 0 Å². The van der Waals surface area contributed by atoms with Crippen LogP contribution in [0.25, 0.3) is 0 Å². The molecule has 0 aromatic heterocycles. The van der Waals surface area contributed by atoms with Gasteiger partial charge in [0.25, 0.3) is 0 Å². The van der Waals surface area contributed by atoms with Gasteiger partial charge in [-0.1, -0.05) is 0 Å². The van der Waals surface area contributed by atoms with E-state index < -0.39 is 7.82 Å². The minimum Gasteiger partial charge on any atom is -0.303 e. The summed E-state index contributed by atoms with van der Waals surface area (Å²) in [5, 5.41) is 0. The van der Waals surface area contributed by atoms with Crippen molar-refractivity contribution in [1.29, 1.82) is 0 Å². The Labute approximate surface area is 47.4 Å². The summed E-state index contributed by atoms with van der Waals surface area (Å²) in [5.41, 5.74) is 0. The molecule has 0 fully saturated rings. The lowest BCUT2D eigenvalue weighted by Crippen LogP contribution is -1.66. The van der Waals surface area contributed by atoms with E-state index in [9.17, 15) is 0 Å². The van der Waals surface area contributed by atoms with E-state index in [0.717, 1.165) is 0 Å². The molecule has 7 heteroatoms. The highest BCUT2D eigenvalue weighted by Gasteiger charge is 2.00. The fourth-order valence-electron chi connectivity index (χ4n) is 0. The quantitative estimate of drug-likeness (QED) is 0.275. The van der Waals surface area contributed by atoms with E-state index in [-0.39, 0.29) is 19.4 Å². The van der Waals surface area contributed by atoms with E-state index in [1.54, 1.807) is 0 Å².